The van der Waals surface area contributed by atoms with Gasteiger partial charge in [0.1, 0.15) is 0 Å². The van der Waals surface area contributed by atoms with Gasteiger partial charge in [0.05, 0.1) is 11.6 Å². The molecule has 0 radical (unpaired) electrons. The van der Waals surface area contributed by atoms with Crippen molar-refractivity contribution in [1.82, 2.24) is 5.32 Å². The van der Waals surface area contributed by atoms with E-state index < -0.39 is 0 Å². The van der Waals surface area contributed by atoms with Crippen LogP contribution < -0.4 is 10.2 Å². The van der Waals surface area contributed by atoms with Gasteiger partial charge in [-0.25, -0.2) is 0 Å². The van der Waals surface area contributed by atoms with Crippen molar-refractivity contribution in [2.24, 2.45) is 0 Å². The summed E-state index contributed by atoms with van der Waals surface area (Å²) in [6, 6.07) is 10.1. The molecule has 1 aromatic carbocycles. The molecule has 0 aliphatic carbocycles. The number of nitrogens with one attached hydrogen (secondary N) is 1. The molecule has 1 heterocycles. The number of aliphatic hydroxyl groups is 1. The third-order valence-corrected chi connectivity index (χ3v) is 3.36. The number of nitrogens with zero attached hydrogens (tertiary/aromatic N) is 2. The Morgan fingerprint density at radius 2 is 2.17 bits per heavy atom. The average molecular weight is 245 g/mol. The molecule has 0 saturated carbocycles. The van der Waals surface area contributed by atoms with Crippen LogP contribution in [0.5, 0.6) is 0 Å². The van der Waals surface area contributed by atoms with E-state index in [1.165, 1.54) is 0 Å². The molecule has 0 amide bonds. The molecule has 2 N–H and O–H groups in total. The standard InChI is InChI=1S/C14H19N3O/c15-10-12-2-4-13(5-3-12)17-8-1-7-16-11-14(17)6-9-18/h2-5,14,16,18H,1,6-9,11H2. The first-order valence-electron chi connectivity index (χ1n) is 6.43. The lowest BCUT2D eigenvalue weighted by molar-refractivity contribution is 0.273. The molecule has 0 spiro atoms. The van der Waals surface area contributed by atoms with Crippen LogP contribution in [-0.2, 0) is 0 Å². The predicted octanol–water partition coefficient (Wildman–Crippen LogP) is 1.11. The maximum absolute atomic E-state index is 9.16. The van der Waals surface area contributed by atoms with Gasteiger partial charge in [-0.1, -0.05) is 0 Å². The lowest BCUT2D eigenvalue weighted by Crippen LogP contribution is -2.40. The second-order valence-corrected chi connectivity index (χ2v) is 4.58. The molecule has 4 nitrogen and oxygen atoms in total. The Bertz CT molecular complexity index is 410. The smallest absolute Gasteiger partial charge is 0.0991 e. The molecular formula is C14H19N3O. The molecule has 1 aromatic rings. The zero-order valence-corrected chi connectivity index (χ0v) is 10.5. The SMILES string of the molecule is N#Cc1ccc(N2CCCNCC2CCO)cc1. The summed E-state index contributed by atoms with van der Waals surface area (Å²) in [6.07, 6.45) is 1.87. The summed E-state index contributed by atoms with van der Waals surface area (Å²) in [5.74, 6) is 0. The molecule has 4 heteroatoms. The number of hydrogen-bond donors (Lipinski definition) is 2. The first kappa shape index (κ1) is 12.9. The van der Waals surface area contributed by atoms with Gasteiger partial charge in [-0.05, 0) is 43.7 Å². The molecule has 1 atom stereocenters. The van der Waals surface area contributed by atoms with Crippen molar-refractivity contribution in [3.63, 3.8) is 0 Å². The van der Waals surface area contributed by atoms with Gasteiger partial charge in [0.2, 0.25) is 0 Å². The normalized spacial score (nSPS) is 20.2. The molecular weight excluding hydrogens is 226 g/mol. The van der Waals surface area contributed by atoms with Crippen molar-refractivity contribution in [3.05, 3.63) is 29.8 Å². The van der Waals surface area contributed by atoms with E-state index >= 15 is 0 Å². The molecule has 0 aromatic heterocycles. The molecule has 1 aliphatic rings. The highest BCUT2D eigenvalue weighted by Crippen LogP contribution is 2.20. The fourth-order valence-corrected chi connectivity index (χ4v) is 2.41. The van der Waals surface area contributed by atoms with Gasteiger partial charge in [-0.3, -0.25) is 0 Å². The van der Waals surface area contributed by atoms with Crippen molar-refractivity contribution in [3.8, 4) is 6.07 Å². The van der Waals surface area contributed by atoms with Crippen LogP contribution in [0.2, 0.25) is 0 Å². The summed E-state index contributed by atoms with van der Waals surface area (Å²) in [7, 11) is 0. The van der Waals surface area contributed by atoms with Crippen molar-refractivity contribution in [2.75, 3.05) is 31.1 Å². The van der Waals surface area contributed by atoms with Crippen LogP contribution in [0, 0.1) is 11.3 Å². The summed E-state index contributed by atoms with van der Waals surface area (Å²) < 4.78 is 0. The fraction of sp³-hybridized carbons (Fsp3) is 0.500. The first-order chi connectivity index (χ1) is 8.85. The van der Waals surface area contributed by atoms with E-state index in [4.69, 9.17) is 10.4 Å². The van der Waals surface area contributed by atoms with Gasteiger partial charge in [-0.15, -0.1) is 0 Å². The largest absolute Gasteiger partial charge is 0.396 e. The van der Waals surface area contributed by atoms with Gasteiger partial charge in [-0.2, -0.15) is 5.26 Å². The Labute approximate surface area is 108 Å². The molecule has 1 aliphatic heterocycles. The molecule has 18 heavy (non-hydrogen) atoms. The molecule has 1 unspecified atom stereocenters. The van der Waals surface area contributed by atoms with Crippen LogP contribution in [0.15, 0.2) is 24.3 Å². The van der Waals surface area contributed by atoms with E-state index in [0.29, 0.717) is 11.6 Å². The lowest BCUT2D eigenvalue weighted by atomic mass is 10.1. The van der Waals surface area contributed by atoms with Crippen LogP contribution in [0.1, 0.15) is 18.4 Å². The highest BCUT2D eigenvalue weighted by Gasteiger charge is 2.20. The molecule has 1 saturated heterocycles. The van der Waals surface area contributed by atoms with Crippen LogP contribution in [0.4, 0.5) is 5.69 Å². The Morgan fingerprint density at radius 3 is 2.83 bits per heavy atom. The number of nitriles is 1. The Kier molecular flexibility index (Phi) is 4.57. The number of benzene rings is 1. The zero-order chi connectivity index (χ0) is 12.8. The maximum atomic E-state index is 9.16. The van der Waals surface area contributed by atoms with E-state index in [1.54, 1.807) is 0 Å². The minimum Gasteiger partial charge on any atom is -0.396 e. The van der Waals surface area contributed by atoms with Crippen molar-refractivity contribution < 1.29 is 5.11 Å². The van der Waals surface area contributed by atoms with Crippen LogP contribution in [0.25, 0.3) is 0 Å². The Balaban J connectivity index is 2.17. The quantitative estimate of drug-likeness (QED) is 0.837. The van der Waals surface area contributed by atoms with Crippen molar-refractivity contribution >= 4 is 5.69 Å². The van der Waals surface area contributed by atoms with E-state index in [2.05, 4.69) is 16.3 Å². The van der Waals surface area contributed by atoms with Gasteiger partial charge < -0.3 is 15.3 Å². The van der Waals surface area contributed by atoms with E-state index in [0.717, 1.165) is 38.2 Å². The second kappa shape index (κ2) is 6.39. The Hall–Kier alpha value is -1.57. The number of aliphatic hydroxyl groups excluding tert-OH is 1. The number of anilines is 1. The first-order valence-corrected chi connectivity index (χ1v) is 6.43. The molecule has 1 fully saturated rings. The highest BCUT2D eigenvalue weighted by atomic mass is 16.3. The van der Waals surface area contributed by atoms with Gasteiger partial charge in [0.15, 0.2) is 0 Å². The second-order valence-electron chi connectivity index (χ2n) is 4.58. The van der Waals surface area contributed by atoms with E-state index in [9.17, 15) is 0 Å². The summed E-state index contributed by atoms with van der Waals surface area (Å²) in [4.78, 5) is 2.33. The molecule has 2 rings (SSSR count). The predicted molar refractivity (Wildman–Crippen MR) is 71.5 cm³/mol. The van der Waals surface area contributed by atoms with Crippen molar-refractivity contribution in [2.45, 2.75) is 18.9 Å². The minimum atomic E-state index is 0.207. The topological polar surface area (TPSA) is 59.3 Å². The Morgan fingerprint density at radius 1 is 1.39 bits per heavy atom. The molecule has 96 valence electrons. The summed E-state index contributed by atoms with van der Waals surface area (Å²) in [5.41, 5.74) is 1.82. The number of hydrogen-bond acceptors (Lipinski definition) is 4. The van der Waals surface area contributed by atoms with Gasteiger partial charge in [0, 0.05) is 31.4 Å². The van der Waals surface area contributed by atoms with Crippen LogP contribution in [-0.4, -0.2) is 37.4 Å². The van der Waals surface area contributed by atoms with E-state index in [-0.39, 0.29) is 6.61 Å². The zero-order valence-electron chi connectivity index (χ0n) is 10.5. The third kappa shape index (κ3) is 3.00. The minimum absolute atomic E-state index is 0.207. The van der Waals surface area contributed by atoms with Crippen LogP contribution in [0.3, 0.4) is 0 Å². The van der Waals surface area contributed by atoms with E-state index in [1.807, 2.05) is 24.3 Å². The monoisotopic (exact) mass is 245 g/mol. The third-order valence-electron chi connectivity index (χ3n) is 3.36. The summed E-state index contributed by atoms with van der Waals surface area (Å²) in [5, 5.41) is 21.4. The lowest BCUT2D eigenvalue weighted by Gasteiger charge is -2.31. The molecule has 0 bridgehead atoms. The van der Waals surface area contributed by atoms with Gasteiger partial charge >= 0.3 is 0 Å². The number of rotatable bonds is 3. The maximum Gasteiger partial charge on any atom is 0.0991 e. The van der Waals surface area contributed by atoms with Crippen molar-refractivity contribution in [1.29, 1.82) is 5.26 Å². The van der Waals surface area contributed by atoms with Gasteiger partial charge in [0.25, 0.3) is 0 Å². The van der Waals surface area contributed by atoms with Crippen LogP contribution >= 0.6 is 0 Å². The average Bonchev–Trinajstić information content (AvgIpc) is 2.65. The summed E-state index contributed by atoms with van der Waals surface area (Å²) in [6.45, 7) is 3.12. The highest BCUT2D eigenvalue weighted by molar-refractivity contribution is 5.50. The fourth-order valence-electron chi connectivity index (χ4n) is 2.41. The summed E-state index contributed by atoms with van der Waals surface area (Å²) >= 11 is 0.